The minimum absolute atomic E-state index is 0.353. The Bertz CT molecular complexity index is 789. The SMILES string of the molecule is Cc1nc2c(cc1C(=O)NC(=N)N)CCCC=C2.O=C(O)C(O)C(O)C(=O)O. The van der Waals surface area contributed by atoms with Crippen molar-refractivity contribution in [2.75, 3.05) is 0 Å². The summed E-state index contributed by atoms with van der Waals surface area (Å²) in [7, 11) is 0. The Morgan fingerprint density at radius 3 is 2.29 bits per heavy atom. The van der Waals surface area contributed by atoms with Gasteiger partial charge in [-0.05, 0) is 43.9 Å². The first kappa shape index (κ1) is 22.7. The number of pyridine rings is 1. The van der Waals surface area contributed by atoms with Crippen LogP contribution in [0.3, 0.4) is 0 Å². The number of rotatable bonds is 4. The zero-order valence-corrected chi connectivity index (χ0v) is 15.0. The highest BCUT2D eigenvalue weighted by molar-refractivity contribution is 6.05. The number of allylic oxidation sites excluding steroid dienone is 1. The number of fused-ring (bicyclic) bond motifs is 1. The molecule has 1 aromatic rings. The predicted molar refractivity (Wildman–Crippen MR) is 97.6 cm³/mol. The lowest BCUT2D eigenvalue weighted by Gasteiger charge is -2.10. The molecule has 0 aromatic carbocycles. The van der Waals surface area contributed by atoms with Gasteiger partial charge in [0.05, 0.1) is 17.0 Å². The van der Waals surface area contributed by atoms with E-state index in [1.54, 1.807) is 6.92 Å². The van der Waals surface area contributed by atoms with E-state index >= 15 is 0 Å². The van der Waals surface area contributed by atoms with E-state index in [0.29, 0.717) is 11.3 Å². The maximum Gasteiger partial charge on any atom is 0.335 e. The molecule has 0 spiro atoms. The summed E-state index contributed by atoms with van der Waals surface area (Å²) in [5.41, 5.74) is 8.31. The van der Waals surface area contributed by atoms with Crippen LogP contribution in [-0.2, 0) is 16.0 Å². The molecule has 0 aliphatic heterocycles. The van der Waals surface area contributed by atoms with E-state index < -0.39 is 24.1 Å². The zero-order valence-electron chi connectivity index (χ0n) is 15.0. The van der Waals surface area contributed by atoms with Crippen LogP contribution in [0, 0.1) is 12.3 Å². The number of hydrogen-bond acceptors (Lipinski definition) is 7. The van der Waals surface area contributed by atoms with E-state index in [1.165, 1.54) is 0 Å². The molecule has 0 fully saturated rings. The summed E-state index contributed by atoms with van der Waals surface area (Å²) in [5.74, 6) is -4.26. The van der Waals surface area contributed by atoms with Crippen LogP contribution in [0.15, 0.2) is 12.1 Å². The minimum Gasteiger partial charge on any atom is -0.479 e. The van der Waals surface area contributed by atoms with Crippen LogP contribution in [0.4, 0.5) is 0 Å². The van der Waals surface area contributed by atoms with E-state index in [2.05, 4.69) is 16.4 Å². The first-order chi connectivity index (χ1) is 13.0. The van der Waals surface area contributed by atoms with E-state index in [1.807, 2.05) is 12.1 Å². The number of carbonyl (C=O) groups is 3. The van der Waals surface area contributed by atoms with Crippen LogP contribution in [0.2, 0.25) is 0 Å². The second-order valence-corrected chi connectivity index (χ2v) is 5.89. The standard InChI is InChI=1S/C13H16N4O.C4H6O6/c1-8-10(12(18)17-13(14)15)7-9-5-3-2-4-6-11(9)16-8;5-1(3(7)8)2(6)4(9)10/h4,6-7H,2-3,5H2,1H3,(H4,14,15,17,18);1-2,5-6H,(H,7,8)(H,9,10). The van der Waals surface area contributed by atoms with Crippen LogP contribution < -0.4 is 11.1 Å². The fourth-order valence-electron chi connectivity index (χ4n) is 2.30. The number of aliphatic carboxylic acids is 2. The number of aryl methyl sites for hydroxylation is 2. The summed E-state index contributed by atoms with van der Waals surface area (Å²) in [5, 5.41) is 41.9. The van der Waals surface area contributed by atoms with Gasteiger partial charge < -0.3 is 26.2 Å². The number of carbonyl (C=O) groups excluding carboxylic acids is 1. The number of nitrogens with one attached hydrogen (secondary N) is 2. The van der Waals surface area contributed by atoms with E-state index in [4.69, 9.17) is 31.6 Å². The summed E-state index contributed by atoms with van der Waals surface area (Å²) in [6, 6.07) is 1.85. The molecule has 0 bridgehead atoms. The molecule has 2 rings (SSSR count). The van der Waals surface area contributed by atoms with Crippen LogP contribution in [0.1, 0.15) is 40.2 Å². The number of guanidine groups is 1. The van der Waals surface area contributed by atoms with Crippen LogP contribution in [-0.4, -0.2) is 61.4 Å². The van der Waals surface area contributed by atoms with E-state index in [0.717, 1.165) is 30.5 Å². The molecule has 1 amide bonds. The number of aliphatic hydroxyl groups excluding tert-OH is 2. The molecule has 1 aliphatic carbocycles. The maximum atomic E-state index is 11.9. The van der Waals surface area contributed by atoms with Gasteiger partial charge in [-0.1, -0.05) is 6.08 Å². The Kier molecular flexibility index (Phi) is 8.23. The van der Waals surface area contributed by atoms with Gasteiger partial charge in [0.25, 0.3) is 5.91 Å². The van der Waals surface area contributed by atoms with Crippen molar-refractivity contribution >= 4 is 29.9 Å². The number of aliphatic hydroxyl groups is 2. The smallest absolute Gasteiger partial charge is 0.335 e. The zero-order chi connectivity index (χ0) is 21.4. The Morgan fingerprint density at radius 1 is 1.21 bits per heavy atom. The average molecular weight is 394 g/mol. The van der Waals surface area contributed by atoms with Crippen LogP contribution in [0.5, 0.6) is 0 Å². The minimum atomic E-state index is -2.27. The molecule has 1 aliphatic rings. The lowest BCUT2D eigenvalue weighted by atomic mass is 10.0. The fourth-order valence-corrected chi connectivity index (χ4v) is 2.30. The second-order valence-electron chi connectivity index (χ2n) is 5.89. The van der Waals surface area contributed by atoms with Crippen molar-refractivity contribution in [2.24, 2.45) is 5.73 Å². The number of hydrogen-bond donors (Lipinski definition) is 7. The fraction of sp³-hybridized carbons (Fsp3) is 0.353. The highest BCUT2D eigenvalue weighted by Gasteiger charge is 2.29. The molecule has 0 saturated heterocycles. The van der Waals surface area contributed by atoms with Gasteiger partial charge in [-0.2, -0.15) is 0 Å². The van der Waals surface area contributed by atoms with Crippen molar-refractivity contribution in [2.45, 2.75) is 38.4 Å². The number of carboxylic acids is 2. The number of aromatic nitrogens is 1. The molecular weight excluding hydrogens is 372 g/mol. The first-order valence-electron chi connectivity index (χ1n) is 8.18. The Morgan fingerprint density at radius 2 is 1.79 bits per heavy atom. The quantitative estimate of drug-likeness (QED) is 0.252. The van der Waals surface area contributed by atoms with Crippen molar-refractivity contribution < 1.29 is 34.8 Å². The molecule has 28 heavy (non-hydrogen) atoms. The van der Waals surface area contributed by atoms with Gasteiger partial charge in [0.1, 0.15) is 0 Å². The van der Waals surface area contributed by atoms with Gasteiger partial charge in [0, 0.05) is 0 Å². The lowest BCUT2D eigenvalue weighted by Crippen LogP contribution is -2.39. The third-order valence-corrected chi connectivity index (χ3v) is 3.72. The Labute approximate surface area is 160 Å². The molecule has 2 atom stereocenters. The number of nitrogens with zero attached hydrogens (tertiary/aromatic N) is 1. The highest BCUT2D eigenvalue weighted by Crippen LogP contribution is 2.20. The number of nitrogens with two attached hydrogens (primary N) is 1. The lowest BCUT2D eigenvalue weighted by molar-refractivity contribution is -0.165. The molecule has 11 heteroatoms. The highest BCUT2D eigenvalue weighted by atomic mass is 16.4. The van der Waals surface area contributed by atoms with E-state index in [-0.39, 0.29) is 11.9 Å². The molecule has 0 radical (unpaired) electrons. The molecule has 1 aromatic heterocycles. The number of amides is 1. The summed E-state index contributed by atoms with van der Waals surface area (Å²) in [6.07, 6.45) is 2.58. The summed E-state index contributed by atoms with van der Waals surface area (Å²) in [4.78, 5) is 35.8. The topological polar surface area (TPSA) is 207 Å². The van der Waals surface area contributed by atoms with Crippen molar-refractivity contribution in [3.05, 3.63) is 34.7 Å². The second kappa shape index (κ2) is 10.1. The third kappa shape index (κ3) is 6.45. The number of carboxylic acid groups (broad SMARTS) is 2. The molecule has 8 N–H and O–H groups in total. The van der Waals surface area contributed by atoms with Gasteiger partial charge >= 0.3 is 11.9 Å². The van der Waals surface area contributed by atoms with Gasteiger partial charge in [-0.15, -0.1) is 0 Å². The largest absolute Gasteiger partial charge is 0.479 e. The molecule has 0 saturated carbocycles. The molecule has 2 unspecified atom stereocenters. The van der Waals surface area contributed by atoms with Crippen molar-refractivity contribution in [1.82, 2.24) is 10.3 Å². The Balaban J connectivity index is 0.000000336. The van der Waals surface area contributed by atoms with Crippen LogP contribution >= 0.6 is 0 Å². The normalized spacial score (nSPS) is 14.4. The molecular formula is C17H22N4O7. The summed E-state index contributed by atoms with van der Waals surface area (Å²) >= 11 is 0. The summed E-state index contributed by atoms with van der Waals surface area (Å²) in [6.45, 7) is 1.79. The van der Waals surface area contributed by atoms with Gasteiger partial charge in [0.2, 0.25) is 0 Å². The van der Waals surface area contributed by atoms with Crippen molar-refractivity contribution in [1.29, 1.82) is 5.41 Å². The first-order valence-corrected chi connectivity index (χ1v) is 8.18. The average Bonchev–Trinajstić information content (AvgIpc) is 2.84. The predicted octanol–water partition coefficient (Wildman–Crippen LogP) is -0.760. The van der Waals surface area contributed by atoms with E-state index in [9.17, 15) is 14.4 Å². The molecule has 11 nitrogen and oxygen atoms in total. The molecule has 1 heterocycles. The van der Waals surface area contributed by atoms with Crippen molar-refractivity contribution in [3.63, 3.8) is 0 Å². The maximum absolute atomic E-state index is 11.9. The third-order valence-electron chi connectivity index (χ3n) is 3.72. The Hall–Kier alpha value is -3.31. The van der Waals surface area contributed by atoms with Gasteiger partial charge in [0.15, 0.2) is 18.2 Å². The monoisotopic (exact) mass is 394 g/mol. The van der Waals surface area contributed by atoms with Gasteiger partial charge in [-0.3, -0.25) is 20.5 Å². The van der Waals surface area contributed by atoms with Crippen molar-refractivity contribution in [3.8, 4) is 0 Å². The summed E-state index contributed by atoms with van der Waals surface area (Å²) < 4.78 is 0. The van der Waals surface area contributed by atoms with Gasteiger partial charge in [-0.25, -0.2) is 9.59 Å². The molecule has 152 valence electrons. The van der Waals surface area contributed by atoms with Crippen LogP contribution in [0.25, 0.3) is 6.08 Å².